The highest BCUT2D eigenvalue weighted by Gasteiger charge is 2.20. The second kappa shape index (κ2) is 5.11. The summed E-state index contributed by atoms with van der Waals surface area (Å²) in [5, 5.41) is 0. The van der Waals surface area contributed by atoms with Crippen molar-refractivity contribution in [3.63, 3.8) is 0 Å². The number of hydrogen-bond donors (Lipinski definition) is 0. The summed E-state index contributed by atoms with van der Waals surface area (Å²) >= 11 is 0. The van der Waals surface area contributed by atoms with Crippen LogP contribution in [0.4, 0.5) is 0 Å². The standard InChI is InChI=1S/C13H10.C6H6/c1-9-7-13-11(9)8-12(13)10-5-3-2-4-6-10;1-2-4-6-5-3-1/h2-8H,1H3;1-6H. The molecule has 2 aliphatic carbocycles. The Bertz CT molecular complexity index is 640. The minimum absolute atomic E-state index is 1.34. The van der Waals surface area contributed by atoms with E-state index in [0.717, 1.165) is 0 Å². The second-order valence-electron chi connectivity index (χ2n) is 4.73. The van der Waals surface area contributed by atoms with Crippen LogP contribution < -0.4 is 0 Å². The molecule has 0 saturated heterocycles. The third-order valence-electron chi connectivity index (χ3n) is 3.41. The van der Waals surface area contributed by atoms with E-state index >= 15 is 0 Å². The lowest BCUT2D eigenvalue weighted by Gasteiger charge is -2.25. The third-order valence-corrected chi connectivity index (χ3v) is 3.41. The lowest BCUT2D eigenvalue weighted by molar-refractivity contribution is 1.38. The van der Waals surface area contributed by atoms with E-state index in [2.05, 4.69) is 49.4 Å². The van der Waals surface area contributed by atoms with Crippen LogP contribution in [-0.4, -0.2) is 0 Å². The van der Waals surface area contributed by atoms with Crippen molar-refractivity contribution >= 4 is 0 Å². The second-order valence-corrected chi connectivity index (χ2v) is 4.73. The maximum absolute atomic E-state index is 2.28. The van der Waals surface area contributed by atoms with Crippen molar-refractivity contribution in [3.05, 3.63) is 84.4 Å². The molecule has 19 heavy (non-hydrogen) atoms. The van der Waals surface area contributed by atoms with Crippen molar-refractivity contribution in [2.24, 2.45) is 0 Å². The molecule has 92 valence electrons. The molecule has 0 aromatic heterocycles. The predicted octanol–water partition coefficient (Wildman–Crippen LogP) is 5.33. The molecule has 2 aliphatic rings. The Kier molecular flexibility index (Phi) is 3.16. The SMILES string of the molecule is Cc1cc2c(-c3ccccc3)cc1-2.c1ccccc1. The molecule has 0 radical (unpaired) electrons. The van der Waals surface area contributed by atoms with E-state index in [4.69, 9.17) is 0 Å². The van der Waals surface area contributed by atoms with E-state index in [-0.39, 0.29) is 0 Å². The zero-order valence-electron chi connectivity index (χ0n) is 11.0. The van der Waals surface area contributed by atoms with Gasteiger partial charge in [-0.15, -0.1) is 0 Å². The molecule has 0 heteroatoms. The molecule has 0 heterocycles. The number of fused-ring (bicyclic) bond motifs is 1. The van der Waals surface area contributed by atoms with Crippen LogP contribution >= 0.6 is 0 Å². The summed E-state index contributed by atoms with van der Waals surface area (Å²) in [5.41, 5.74) is 7.07. The summed E-state index contributed by atoms with van der Waals surface area (Å²) < 4.78 is 0. The first-order valence-corrected chi connectivity index (χ1v) is 6.57. The molecule has 0 aliphatic heterocycles. The van der Waals surface area contributed by atoms with Crippen molar-refractivity contribution in [1.29, 1.82) is 0 Å². The molecule has 0 spiro atoms. The van der Waals surface area contributed by atoms with Crippen LogP contribution in [0.1, 0.15) is 5.56 Å². The average Bonchev–Trinajstić information content (AvgIpc) is 2.48. The molecule has 0 atom stereocenters. The fourth-order valence-corrected chi connectivity index (χ4v) is 2.31. The van der Waals surface area contributed by atoms with Gasteiger partial charge < -0.3 is 0 Å². The van der Waals surface area contributed by atoms with Gasteiger partial charge in [0.15, 0.2) is 0 Å². The van der Waals surface area contributed by atoms with Gasteiger partial charge >= 0.3 is 0 Å². The van der Waals surface area contributed by atoms with Gasteiger partial charge in [0, 0.05) is 0 Å². The Hall–Kier alpha value is -2.34. The van der Waals surface area contributed by atoms with Gasteiger partial charge in [0.25, 0.3) is 0 Å². The van der Waals surface area contributed by atoms with Crippen LogP contribution in [0, 0.1) is 6.92 Å². The van der Waals surface area contributed by atoms with Gasteiger partial charge in [0.05, 0.1) is 0 Å². The Morgan fingerprint density at radius 1 is 0.526 bits per heavy atom. The van der Waals surface area contributed by atoms with E-state index in [1.807, 2.05) is 36.4 Å². The summed E-state index contributed by atoms with van der Waals surface area (Å²) in [4.78, 5) is 0. The normalized spacial score (nSPS) is 10.4. The van der Waals surface area contributed by atoms with Gasteiger partial charge in [0.1, 0.15) is 0 Å². The molecular formula is C19H16. The molecule has 4 rings (SSSR count). The summed E-state index contributed by atoms with van der Waals surface area (Å²) in [5.74, 6) is 0. The zero-order chi connectivity index (χ0) is 13.1. The third kappa shape index (κ3) is 2.30. The first-order chi connectivity index (χ1) is 9.36. The zero-order valence-corrected chi connectivity index (χ0v) is 11.0. The van der Waals surface area contributed by atoms with E-state index in [0.29, 0.717) is 0 Å². The first-order valence-electron chi connectivity index (χ1n) is 6.57. The van der Waals surface area contributed by atoms with E-state index in [9.17, 15) is 0 Å². The van der Waals surface area contributed by atoms with E-state index < -0.39 is 0 Å². The average molecular weight is 244 g/mol. The van der Waals surface area contributed by atoms with Gasteiger partial charge in [-0.2, -0.15) is 0 Å². The van der Waals surface area contributed by atoms with Gasteiger partial charge in [0.2, 0.25) is 0 Å². The summed E-state index contributed by atoms with van der Waals surface area (Å²) in [6.45, 7) is 2.16. The maximum atomic E-state index is 2.28. The molecule has 0 unspecified atom stereocenters. The Morgan fingerprint density at radius 2 is 1.05 bits per heavy atom. The Labute approximate surface area is 114 Å². The number of hydrogen-bond acceptors (Lipinski definition) is 0. The highest BCUT2D eigenvalue weighted by molar-refractivity contribution is 5.97. The van der Waals surface area contributed by atoms with Crippen LogP contribution in [-0.2, 0) is 0 Å². The lowest BCUT2D eigenvalue weighted by atomic mass is 9.79. The van der Waals surface area contributed by atoms with Crippen molar-refractivity contribution in [2.75, 3.05) is 0 Å². The highest BCUT2D eigenvalue weighted by Crippen LogP contribution is 2.46. The highest BCUT2D eigenvalue weighted by atomic mass is 14.2. The van der Waals surface area contributed by atoms with Gasteiger partial charge in [-0.3, -0.25) is 0 Å². The molecule has 0 nitrogen and oxygen atoms in total. The molecular weight excluding hydrogens is 228 g/mol. The van der Waals surface area contributed by atoms with Crippen molar-refractivity contribution in [3.8, 4) is 22.3 Å². The summed E-state index contributed by atoms with van der Waals surface area (Å²) in [7, 11) is 0. The summed E-state index contributed by atoms with van der Waals surface area (Å²) in [6, 6.07) is 27.1. The molecule has 0 bridgehead atoms. The Morgan fingerprint density at radius 3 is 1.47 bits per heavy atom. The number of benzene rings is 3. The summed E-state index contributed by atoms with van der Waals surface area (Å²) in [6.07, 6.45) is 0. The van der Waals surface area contributed by atoms with Gasteiger partial charge in [-0.1, -0.05) is 72.8 Å². The quantitative estimate of drug-likeness (QED) is 0.424. The Balaban J connectivity index is 0.000000155. The van der Waals surface area contributed by atoms with Crippen molar-refractivity contribution < 1.29 is 0 Å². The van der Waals surface area contributed by atoms with Crippen LogP contribution in [0.3, 0.4) is 0 Å². The van der Waals surface area contributed by atoms with Crippen LogP contribution in [0.25, 0.3) is 22.3 Å². The fourth-order valence-electron chi connectivity index (χ4n) is 2.31. The first kappa shape index (κ1) is 11.7. The van der Waals surface area contributed by atoms with Gasteiger partial charge in [-0.05, 0) is 40.8 Å². The molecule has 0 N–H and O–H groups in total. The topological polar surface area (TPSA) is 0 Å². The van der Waals surface area contributed by atoms with E-state index in [1.165, 1.54) is 27.8 Å². The van der Waals surface area contributed by atoms with Crippen LogP contribution in [0.5, 0.6) is 0 Å². The van der Waals surface area contributed by atoms with E-state index in [1.54, 1.807) is 0 Å². The van der Waals surface area contributed by atoms with Crippen LogP contribution in [0.2, 0.25) is 0 Å². The largest absolute Gasteiger partial charge is 0.0623 e. The molecule has 0 fully saturated rings. The van der Waals surface area contributed by atoms with Crippen LogP contribution in [0.15, 0.2) is 78.9 Å². The molecule has 0 amide bonds. The van der Waals surface area contributed by atoms with Gasteiger partial charge in [-0.25, -0.2) is 0 Å². The van der Waals surface area contributed by atoms with Crippen molar-refractivity contribution in [1.82, 2.24) is 0 Å². The minimum Gasteiger partial charge on any atom is -0.0623 e. The predicted molar refractivity (Wildman–Crippen MR) is 82.1 cm³/mol. The lowest BCUT2D eigenvalue weighted by Crippen LogP contribution is -2.00. The maximum Gasteiger partial charge on any atom is -0.00989 e. The van der Waals surface area contributed by atoms with Crippen molar-refractivity contribution in [2.45, 2.75) is 6.92 Å². The molecule has 2 aromatic carbocycles. The monoisotopic (exact) mass is 244 g/mol. The fraction of sp³-hybridized carbons (Fsp3) is 0.0526. The molecule has 0 saturated carbocycles. The smallest absolute Gasteiger partial charge is 0.00989 e. The number of rotatable bonds is 1. The minimum atomic E-state index is 1.34. The number of aryl methyl sites for hydroxylation is 1. The molecule has 2 aromatic rings.